The summed E-state index contributed by atoms with van der Waals surface area (Å²) in [5.41, 5.74) is 4.00. The van der Waals surface area contributed by atoms with E-state index in [-0.39, 0.29) is 11.8 Å². The number of piperidine rings is 1. The number of rotatable bonds is 4. The smallest absolute Gasteiger partial charge is 0.225 e. The first-order valence-corrected chi connectivity index (χ1v) is 10.1. The van der Waals surface area contributed by atoms with Crippen LogP contribution >= 0.6 is 0 Å². The second-order valence-corrected chi connectivity index (χ2v) is 7.66. The Labute approximate surface area is 168 Å². The van der Waals surface area contributed by atoms with Gasteiger partial charge in [-0.1, -0.05) is 24.3 Å². The molecular formula is C22H24N6O. The molecule has 0 saturated carbocycles. The van der Waals surface area contributed by atoms with Gasteiger partial charge in [0.05, 0.1) is 34.5 Å². The Hall–Kier alpha value is -3.35. The molecular weight excluding hydrogens is 364 g/mol. The van der Waals surface area contributed by atoms with E-state index in [1.807, 2.05) is 49.5 Å². The number of hydrogen-bond donors (Lipinski definition) is 2. The molecule has 1 fully saturated rings. The number of nitrogens with one attached hydrogen (secondary N) is 2. The maximum Gasteiger partial charge on any atom is 0.225 e. The molecule has 29 heavy (non-hydrogen) atoms. The highest BCUT2D eigenvalue weighted by Gasteiger charge is 2.28. The SMILES string of the molecule is Cn1c(N2CCCC(C(=O)NCc3nc4ccccc4[nH]3)C2)nc2ccccc21. The maximum atomic E-state index is 12.8. The van der Waals surface area contributed by atoms with Gasteiger partial charge in [-0.05, 0) is 37.1 Å². The molecule has 1 aliphatic rings. The number of aryl methyl sites for hydroxylation is 1. The Morgan fingerprint density at radius 2 is 1.93 bits per heavy atom. The third-order valence-corrected chi connectivity index (χ3v) is 5.71. The van der Waals surface area contributed by atoms with E-state index in [2.05, 4.69) is 30.8 Å². The number of carbonyl (C=O) groups is 1. The lowest BCUT2D eigenvalue weighted by Gasteiger charge is -2.32. The summed E-state index contributed by atoms with van der Waals surface area (Å²) >= 11 is 0. The summed E-state index contributed by atoms with van der Waals surface area (Å²) in [6.07, 6.45) is 1.87. The van der Waals surface area contributed by atoms with E-state index in [0.717, 1.165) is 53.2 Å². The molecule has 0 aliphatic carbocycles. The fourth-order valence-corrected chi connectivity index (χ4v) is 4.19. The summed E-state index contributed by atoms with van der Waals surface area (Å²) in [5, 5.41) is 3.06. The number of nitrogens with zero attached hydrogens (tertiary/aromatic N) is 4. The first kappa shape index (κ1) is 17.7. The van der Waals surface area contributed by atoms with Crippen LogP contribution in [0.2, 0.25) is 0 Å². The predicted molar refractivity (Wildman–Crippen MR) is 114 cm³/mol. The minimum Gasteiger partial charge on any atom is -0.349 e. The molecule has 1 aliphatic heterocycles. The molecule has 0 spiro atoms. The van der Waals surface area contributed by atoms with Gasteiger partial charge in [-0.15, -0.1) is 0 Å². The molecule has 2 aromatic carbocycles. The standard InChI is InChI=1S/C22H24N6O/c1-27-19-11-5-4-10-18(19)26-22(27)28-12-6-7-15(14-28)21(29)23-13-20-24-16-8-2-3-9-17(16)25-20/h2-5,8-11,15H,6-7,12-14H2,1H3,(H,23,29)(H,24,25). The summed E-state index contributed by atoms with van der Waals surface area (Å²) < 4.78 is 2.12. The van der Waals surface area contributed by atoms with Crippen LogP contribution in [0, 0.1) is 5.92 Å². The Bertz CT molecular complexity index is 1140. The van der Waals surface area contributed by atoms with Crippen molar-refractivity contribution in [1.29, 1.82) is 0 Å². The monoisotopic (exact) mass is 388 g/mol. The van der Waals surface area contributed by atoms with E-state index < -0.39 is 0 Å². The minimum atomic E-state index is -0.0482. The Morgan fingerprint density at radius 1 is 1.14 bits per heavy atom. The topological polar surface area (TPSA) is 78.8 Å². The summed E-state index contributed by atoms with van der Waals surface area (Å²) in [4.78, 5) is 27.6. The van der Waals surface area contributed by atoms with Gasteiger partial charge in [0.1, 0.15) is 5.82 Å². The zero-order chi connectivity index (χ0) is 19.8. The molecule has 1 unspecified atom stereocenters. The lowest BCUT2D eigenvalue weighted by molar-refractivity contribution is -0.125. The van der Waals surface area contributed by atoms with E-state index >= 15 is 0 Å². The molecule has 2 N–H and O–H groups in total. The number of amides is 1. The molecule has 7 heteroatoms. The first-order chi connectivity index (χ1) is 14.2. The van der Waals surface area contributed by atoms with Gasteiger partial charge >= 0.3 is 0 Å². The van der Waals surface area contributed by atoms with Crippen LogP contribution in [-0.2, 0) is 18.4 Å². The third kappa shape index (κ3) is 3.33. The normalized spacial score (nSPS) is 17.1. The quantitative estimate of drug-likeness (QED) is 0.563. The third-order valence-electron chi connectivity index (χ3n) is 5.71. The summed E-state index contributed by atoms with van der Waals surface area (Å²) in [6.45, 7) is 2.02. The first-order valence-electron chi connectivity index (χ1n) is 10.1. The molecule has 7 nitrogen and oxygen atoms in total. The second-order valence-electron chi connectivity index (χ2n) is 7.66. The van der Waals surface area contributed by atoms with Crippen LogP contribution in [0.25, 0.3) is 22.1 Å². The van der Waals surface area contributed by atoms with Gasteiger partial charge in [-0.2, -0.15) is 0 Å². The van der Waals surface area contributed by atoms with Crippen LogP contribution in [0.4, 0.5) is 5.95 Å². The van der Waals surface area contributed by atoms with Crippen LogP contribution in [-0.4, -0.2) is 38.5 Å². The highest BCUT2D eigenvalue weighted by atomic mass is 16.1. The Kier molecular flexibility index (Phi) is 4.42. The van der Waals surface area contributed by atoms with E-state index in [4.69, 9.17) is 4.98 Å². The lowest BCUT2D eigenvalue weighted by atomic mass is 9.97. The highest BCUT2D eigenvalue weighted by molar-refractivity contribution is 5.81. The summed E-state index contributed by atoms with van der Waals surface area (Å²) in [6, 6.07) is 16.0. The van der Waals surface area contributed by atoms with Crippen molar-refractivity contribution in [2.24, 2.45) is 13.0 Å². The number of aromatic nitrogens is 4. The molecule has 3 heterocycles. The molecule has 1 saturated heterocycles. The Morgan fingerprint density at radius 3 is 2.76 bits per heavy atom. The fraction of sp³-hybridized carbons (Fsp3) is 0.318. The van der Waals surface area contributed by atoms with Gasteiger partial charge in [0.15, 0.2) is 0 Å². The van der Waals surface area contributed by atoms with Crippen LogP contribution in [0.3, 0.4) is 0 Å². The van der Waals surface area contributed by atoms with Crippen LogP contribution in [0.5, 0.6) is 0 Å². The number of fused-ring (bicyclic) bond motifs is 2. The van der Waals surface area contributed by atoms with Crippen LogP contribution in [0.1, 0.15) is 18.7 Å². The van der Waals surface area contributed by atoms with Crippen LogP contribution in [0.15, 0.2) is 48.5 Å². The average molecular weight is 388 g/mol. The van der Waals surface area contributed by atoms with Gasteiger partial charge in [0.2, 0.25) is 11.9 Å². The number of para-hydroxylation sites is 4. The minimum absolute atomic E-state index is 0.0482. The number of hydrogen-bond acceptors (Lipinski definition) is 4. The number of H-pyrrole nitrogens is 1. The van der Waals surface area contributed by atoms with Crippen LogP contribution < -0.4 is 10.2 Å². The Balaban J connectivity index is 1.27. The van der Waals surface area contributed by atoms with E-state index in [0.29, 0.717) is 13.1 Å². The zero-order valence-electron chi connectivity index (χ0n) is 16.4. The molecule has 1 amide bonds. The largest absolute Gasteiger partial charge is 0.349 e. The molecule has 2 aromatic heterocycles. The van der Waals surface area contributed by atoms with Crippen molar-refractivity contribution in [3.63, 3.8) is 0 Å². The van der Waals surface area contributed by atoms with Gasteiger partial charge < -0.3 is 19.8 Å². The van der Waals surface area contributed by atoms with Crippen molar-refractivity contribution in [2.45, 2.75) is 19.4 Å². The number of benzene rings is 2. The molecule has 148 valence electrons. The highest BCUT2D eigenvalue weighted by Crippen LogP contribution is 2.26. The fourth-order valence-electron chi connectivity index (χ4n) is 4.19. The number of anilines is 1. The summed E-state index contributed by atoms with van der Waals surface area (Å²) in [7, 11) is 2.04. The molecule has 0 radical (unpaired) electrons. The maximum absolute atomic E-state index is 12.8. The zero-order valence-corrected chi connectivity index (χ0v) is 16.4. The van der Waals surface area contributed by atoms with E-state index in [1.165, 1.54) is 0 Å². The van der Waals surface area contributed by atoms with Crippen molar-refractivity contribution < 1.29 is 4.79 Å². The van der Waals surface area contributed by atoms with E-state index in [1.54, 1.807) is 0 Å². The van der Waals surface area contributed by atoms with Crippen molar-refractivity contribution in [3.05, 3.63) is 54.4 Å². The molecule has 0 bridgehead atoms. The van der Waals surface area contributed by atoms with Gasteiger partial charge in [0, 0.05) is 20.1 Å². The molecule has 1 atom stereocenters. The van der Waals surface area contributed by atoms with Crippen molar-refractivity contribution >= 4 is 33.9 Å². The lowest BCUT2D eigenvalue weighted by Crippen LogP contribution is -2.43. The van der Waals surface area contributed by atoms with Crippen molar-refractivity contribution in [3.8, 4) is 0 Å². The molecule has 4 aromatic rings. The van der Waals surface area contributed by atoms with Crippen molar-refractivity contribution in [2.75, 3.05) is 18.0 Å². The van der Waals surface area contributed by atoms with Gasteiger partial charge in [-0.25, -0.2) is 9.97 Å². The van der Waals surface area contributed by atoms with Gasteiger partial charge in [-0.3, -0.25) is 4.79 Å². The summed E-state index contributed by atoms with van der Waals surface area (Å²) in [5.74, 6) is 1.74. The average Bonchev–Trinajstić information content (AvgIpc) is 3.33. The van der Waals surface area contributed by atoms with E-state index in [9.17, 15) is 4.79 Å². The number of carbonyl (C=O) groups excluding carboxylic acids is 1. The number of imidazole rings is 2. The van der Waals surface area contributed by atoms with Crippen molar-refractivity contribution in [1.82, 2.24) is 24.8 Å². The second kappa shape index (κ2) is 7.24. The predicted octanol–water partition coefficient (Wildman–Crippen LogP) is 2.98. The number of aromatic amines is 1. The van der Waals surface area contributed by atoms with Gasteiger partial charge in [0.25, 0.3) is 0 Å². The molecule has 5 rings (SSSR count).